The van der Waals surface area contributed by atoms with Crippen molar-refractivity contribution >= 4 is 22.1 Å². The maximum absolute atomic E-state index is 11.9. The number of aromatic nitrogens is 4. The Morgan fingerprint density at radius 1 is 1.47 bits per heavy atom. The summed E-state index contributed by atoms with van der Waals surface area (Å²) in [5, 5.41) is 5.95. The van der Waals surface area contributed by atoms with Gasteiger partial charge in [-0.1, -0.05) is 0 Å². The van der Waals surface area contributed by atoms with E-state index in [1.165, 1.54) is 0 Å². The first kappa shape index (κ1) is 10.2. The van der Waals surface area contributed by atoms with Gasteiger partial charge in [0.05, 0.1) is 23.9 Å². The molecule has 0 N–H and O–H groups in total. The van der Waals surface area contributed by atoms with E-state index in [9.17, 15) is 4.79 Å². The van der Waals surface area contributed by atoms with Crippen LogP contribution in [0.2, 0.25) is 0 Å². The molecule has 0 aliphatic heterocycles. The molecule has 17 heavy (non-hydrogen) atoms. The highest BCUT2D eigenvalue weighted by Crippen LogP contribution is 2.13. The minimum Gasteiger partial charge on any atom is -0.297 e. The fourth-order valence-corrected chi connectivity index (χ4v) is 2.41. The van der Waals surface area contributed by atoms with Crippen molar-refractivity contribution in [1.82, 2.24) is 19.2 Å². The molecule has 0 atom stereocenters. The van der Waals surface area contributed by atoms with Gasteiger partial charge in [0.2, 0.25) is 0 Å². The zero-order valence-corrected chi connectivity index (χ0v) is 10.0. The predicted molar refractivity (Wildman–Crippen MR) is 64.3 cm³/mol. The minimum atomic E-state index is 0.0452. The highest BCUT2D eigenvalue weighted by molar-refractivity contribution is 7.15. The van der Waals surface area contributed by atoms with Crippen LogP contribution in [0.1, 0.15) is 16.1 Å². The van der Waals surface area contributed by atoms with Gasteiger partial charge >= 0.3 is 0 Å². The van der Waals surface area contributed by atoms with Crippen molar-refractivity contribution in [2.45, 2.75) is 6.42 Å². The van der Waals surface area contributed by atoms with Crippen LogP contribution in [-0.2, 0) is 13.5 Å². The van der Waals surface area contributed by atoms with Gasteiger partial charge in [0, 0.05) is 31.0 Å². The van der Waals surface area contributed by atoms with Gasteiger partial charge < -0.3 is 0 Å². The van der Waals surface area contributed by atoms with Gasteiger partial charge in [-0.2, -0.15) is 5.10 Å². The number of hydrogen-bond donors (Lipinski definition) is 0. The summed E-state index contributed by atoms with van der Waals surface area (Å²) in [5.74, 6) is 0.0452. The van der Waals surface area contributed by atoms with Crippen LogP contribution >= 0.6 is 11.3 Å². The number of carbonyl (C=O) groups is 1. The number of imidazole rings is 1. The summed E-state index contributed by atoms with van der Waals surface area (Å²) >= 11 is 1.56. The van der Waals surface area contributed by atoms with Crippen molar-refractivity contribution < 1.29 is 4.79 Å². The molecule has 0 saturated carbocycles. The number of nitrogens with zero attached hydrogens (tertiary/aromatic N) is 4. The van der Waals surface area contributed by atoms with Gasteiger partial charge in [-0.05, 0) is 0 Å². The van der Waals surface area contributed by atoms with Crippen LogP contribution < -0.4 is 0 Å². The molecule has 86 valence electrons. The SMILES string of the molecule is Cn1cc(C(=O)Cc2cn3ccsc3n2)cn1. The monoisotopic (exact) mass is 246 g/mol. The minimum absolute atomic E-state index is 0.0452. The van der Waals surface area contributed by atoms with Gasteiger partial charge in [0.15, 0.2) is 10.7 Å². The second-order valence-electron chi connectivity index (χ2n) is 3.83. The summed E-state index contributed by atoms with van der Waals surface area (Å²) in [6.07, 6.45) is 7.45. The standard InChI is InChI=1S/C11H10N4OS/c1-14-6-8(5-12-14)10(16)4-9-7-15-2-3-17-11(15)13-9/h2-3,5-7H,4H2,1H3. The Morgan fingerprint density at radius 2 is 2.35 bits per heavy atom. The maximum atomic E-state index is 11.9. The molecule has 0 aromatic carbocycles. The number of Topliss-reactive ketones (excluding diaryl/α,β-unsaturated/α-hetero) is 1. The number of ketones is 1. The van der Waals surface area contributed by atoms with E-state index in [2.05, 4.69) is 10.1 Å². The molecule has 0 saturated heterocycles. The van der Waals surface area contributed by atoms with Crippen molar-refractivity contribution in [2.75, 3.05) is 0 Å². The lowest BCUT2D eigenvalue weighted by Gasteiger charge is -1.92. The van der Waals surface area contributed by atoms with Gasteiger partial charge in [-0.15, -0.1) is 11.3 Å². The second kappa shape index (κ2) is 3.81. The highest BCUT2D eigenvalue weighted by Gasteiger charge is 2.11. The topological polar surface area (TPSA) is 52.2 Å². The number of hydrogen-bond acceptors (Lipinski definition) is 4. The summed E-state index contributed by atoms with van der Waals surface area (Å²) in [6.45, 7) is 0. The molecule has 3 aromatic heterocycles. The fraction of sp³-hybridized carbons (Fsp3) is 0.182. The molecule has 3 heterocycles. The van der Waals surface area contributed by atoms with Crippen LogP contribution in [0.5, 0.6) is 0 Å². The van der Waals surface area contributed by atoms with E-state index in [4.69, 9.17) is 0 Å². The summed E-state index contributed by atoms with van der Waals surface area (Å²) in [7, 11) is 1.80. The quantitative estimate of drug-likeness (QED) is 0.659. The molecular formula is C11H10N4OS. The van der Waals surface area contributed by atoms with Crippen LogP contribution in [0.15, 0.2) is 30.2 Å². The van der Waals surface area contributed by atoms with Crippen LogP contribution in [0.3, 0.4) is 0 Å². The predicted octanol–water partition coefficient (Wildman–Crippen LogP) is 1.55. The molecule has 3 rings (SSSR count). The zero-order chi connectivity index (χ0) is 11.8. The third kappa shape index (κ3) is 1.87. The highest BCUT2D eigenvalue weighted by atomic mass is 32.1. The van der Waals surface area contributed by atoms with Crippen LogP contribution in [0.25, 0.3) is 4.96 Å². The number of aryl methyl sites for hydroxylation is 1. The molecule has 0 aliphatic carbocycles. The Hall–Kier alpha value is -1.95. The molecule has 0 amide bonds. The van der Waals surface area contributed by atoms with Gasteiger partial charge in [-0.25, -0.2) is 4.98 Å². The van der Waals surface area contributed by atoms with Gasteiger partial charge in [0.25, 0.3) is 0 Å². The summed E-state index contributed by atoms with van der Waals surface area (Å²) in [4.78, 5) is 17.2. The molecule has 0 unspecified atom stereocenters. The number of rotatable bonds is 3. The van der Waals surface area contributed by atoms with Gasteiger partial charge in [-0.3, -0.25) is 13.9 Å². The first-order valence-corrected chi connectivity index (χ1v) is 6.03. The van der Waals surface area contributed by atoms with Crippen molar-refractivity contribution in [3.63, 3.8) is 0 Å². The number of thiazole rings is 1. The molecule has 0 aliphatic rings. The smallest absolute Gasteiger partial charge is 0.193 e. The molecule has 0 fully saturated rings. The zero-order valence-electron chi connectivity index (χ0n) is 9.20. The average Bonchev–Trinajstić information content (AvgIpc) is 2.92. The summed E-state index contributed by atoms with van der Waals surface area (Å²) in [6, 6.07) is 0. The first-order chi connectivity index (χ1) is 8.22. The summed E-state index contributed by atoms with van der Waals surface area (Å²) in [5.41, 5.74) is 1.43. The first-order valence-electron chi connectivity index (χ1n) is 5.15. The van der Waals surface area contributed by atoms with Crippen LogP contribution in [-0.4, -0.2) is 24.9 Å². The number of carbonyl (C=O) groups excluding carboxylic acids is 1. The van der Waals surface area contributed by atoms with E-state index in [0.29, 0.717) is 12.0 Å². The van der Waals surface area contributed by atoms with E-state index in [1.807, 2.05) is 22.2 Å². The molecule has 6 heteroatoms. The van der Waals surface area contributed by atoms with E-state index in [-0.39, 0.29) is 5.78 Å². The Labute approximate surface area is 101 Å². The Bertz CT molecular complexity index is 650. The van der Waals surface area contributed by atoms with E-state index in [1.54, 1.807) is 35.5 Å². The molecule has 0 bridgehead atoms. The third-order valence-corrected chi connectivity index (χ3v) is 3.28. The average molecular weight is 246 g/mol. The van der Waals surface area contributed by atoms with Crippen LogP contribution in [0.4, 0.5) is 0 Å². The van der Waals surface area contributed by atoms with Crippen molar-refractivity contribution in [3.8, 4) is 0 Å². The van der Waals surface area contributed by atoms with Crippen molar-refractivity contribution in [2.24, 2.45) is 7.05 Å². The molecule has 3 aromatic rings. The second-order valence-corrected chi connectivity index (χ2v) is 4.70. The van der Waals surface area contributed by atoms with Crippen molar-refractivity contribution in [1.29, 1.82) is 0 Å². The molecule has 0 spiro atoms. The fourth-order valence-electron chi connectivity index (χ4n) is 1.69. The Kier molecular flexibility index (Phi) is 2.29. The summed E-state index contributed by atoms with van der Waals surface area (Å²) < 4.78 is 3.55. The largest absolute Gasteiger partial charge is 0.297 e. The normalized spacial score (nSPS) is 11.1. The lowest BCUT2D eigenvalue weighted by atomic mass is 10.1. The number of fused-ring (bicyclic) bond motifs is 1. The maximum Gasteiger partial charge on any atom is 0.193 e. The molecule has 0 radical (unpaired) electrons. The van der Waals surface area contributed by atoms with E-state index in [0.717, 1.165) is 10.7 Å². The molecule has 5 nitrogen and oxygen atoms in total. The lowest BCUT2D eigenvalue weighted by molar-refractivity contribution is 0.0992. The lowest BCUT2D eigenvalue weighted by Crippen LogP contribution is -2.02. The van der Waals surface area contributed by atoms with E-state index >= 15 is 0 Å². The van der Waals surface area contributed by atoms with E-state index < -0.39 is 0 Å². The third-order valence-electron chi connectivity index (χ3n) is 2.51. The Balaban J connectivity index is 1.83. The van der Waals surface area contributed by atoms with Crippen LogP contribution in [0, 0.1) is 0 Å². The Morgan fingerprint density at radius 3 is 3.06 bits per heavy atom. The molecular weight excluding hydrogens is 236 g/mol. The van der Waals surface area contributed by atoms with Gasteiger partial charge in [0.1, 0.15) is 0 Å². The van der Waals surface area contributed by atoms with Crippen molar-refractivity contribution in [3.05, 3.63) is 41.4 Å².